The topological polar surface area (TPSA) is 65.0 Å². The molecule has 2 heterocycles. The number of hydrogen-bond acceptors (Lipinski definition) is 4. The van der Waals surface area contributed by atoms with Crippen LogP contribution in [0.15, 0.2) is 36.4 Å². The Labute approximate surface area is 142 Å². The molecule has 0 aliphatic carbocycles. The number of anilines is 1. The number of aryl methyl sites for hydroxylation is 1. The van der Waals surface area contributed by atoms with E-state index in [2.05, 4.69) is 15.0 Å². The fraction of sp³-hybridized carbons (Fsp3) is 0.294. The molecular formula is C17H17F3N4O. The maximum Gasteiger partial charge on any atom is 0.451 e. The van der Waals surface area contributed by atoms with Gasteiger partial charge < -0.3 is 15.0 Å². The van der Waals surface area contributed by atoms with Gasteiger partial charge in [0.2, 0.25) is 5.82 Å². The number of H-pyrrole nitrogens is 1. The van der Waals surface area contributed by atoms with Crippen molar-refractivity contribution >= 4 is 16.9 Å². The maximum absolute atomic E-state index is 13.2. The molecule has 3 aromatic rings. The molecule has 2 N–H and O–H groups in total. The summed E-state index contributed by atoms with van der Waals surface area (Å²) in [6, 6.07) is 11.0. The van der Waals surface area contributed by atoms with Gasteiger partial charge in [0.05, 0.1) is 12.0 Å². The number of alkyl halides is 3. The van der Waals surface area contributed by atoms with Crippen LogP contribution in [0.5, 0.6) is 0 Å². The Balaban J connectivity index is 2.12. The summed E-state index contributed by atoms with van der Waals surface area (Å²) < 4.78 is 39.5. The van der Waals surface area contributed by atoms with Crippen molar-refractivity contribution in [1.82, 2.24) is 15.0 Å². The highest BCUT2D eigenvalue weighted by Gasteiger charge is 2.36. The third-order valence-corrected chi connectivity index (χ3v) is 3.74. The first-order chi connectivity index (χ1) is 11.9. The van der Waals surface area contributed by atoms with Crippen molar-refractivity contribution < 1.29 is 18.3 Å². The first-order valence-corrected chi connectivity index (χ1v) is 7.73. The van der Waals surface area contributed by atoms with Crippen LogP contribution >= 0.6 is 0 Å². The third kappa shape index (κ3) is 3.74. The number of nitrogens with zero attached hydrogens (tertiary/aromatic N) is 3. The molecule has 0 saturated carbocycles. The van der Waals surface area contributed by atoms with Gasteiger partial charge in [0.1, 0.15) is 11.5 Å². The summed E-state index contributed by atoms with van der Waals surface area (Å²) in [6.07, 6.45) is -4.65. The number of aromatic amines is 1. The van der Waals surface area contributed by atoms with E-state index >= 15 is 0 Å². The van der Waals surface area contributed by atoms with E-state index in [9.17, 15) is 18.3 Å². The molecule has 0 saturated heterocycles. The number of benzene rings is 1. The van der Waals surface area contributed by atoms with Crippen LogP contribution in [-0.2, 0) is 12.7 Å². The maximum atomic E-state index is 13.2. The average molecular weight is 350 g/mol. The summed E-state index contributed by atoms with van der Waals surface area (Å²) in [7, 11) is 0. The number of halogens is 3. The van der Waals surface area contributed by atoms with E-state index in [1.54, 1.807) is 17.9 Å². The van der Waals surface area contributed by atoms with Crippen LogP contribution in [0.3, 0.4) is 0 Å². The van der Waals surface area contributed by atoms with E-state index < -0.39 is 12.0 Å². The molecule has 132 valence electrons. The van der Waals surface area contributed by atoms with Crippen LogP contribution in [0.2, 0.25) is 0 Å². The standard InChI is InChI=1S/C17H17F3N4O/c1-11-9-13-14(21-11)22-16(17(18,19)20)23-15(13)24(7-8-25)10-12-5-3-2-4-6-12/h2-6,9,25H,7-8,10H2,1H3,(H,21,22,23). The SMILES string of the molecule is Cc1cc2c(N(CCO)Cc3ccccc3)nc(C(F)(F)F)nc2[nH]1. The molecular weight excluding hydrogens is 333 g/mol. The molecule has 2 aromatic heterocycles. The molecule has 8 heteroatoms. The smallest absolute Gasteiger partial charge is 0.395 e. The number of rotatable bonds is 5. The number of aliphatic hydroxyl groups excluding tert-OH is 1. The molecule has 1 aromatic carbocycles. The van der Waals surface area contributed by atoms with Crippen molar-refractivity contribution in [3.8, 4) is 0 Å². The van der Waals surface area contributed by atoms with Crippen LogP contribution in [0.4, 0.5) is 19.0 Å². The van der Waals surface area contributed by atoms with E-state index in [4.69, 9.17) is 0 Å². The number of fused-ring (bicyclic) bond motifs is 1. The Morgan fingerprint density at radius 1 is 1.16 bits per heavy atom. The number of aromatic nitrogens is 3. The van der Waals surface area contributed by atoms with Gasteiger partial charge in [-0.25, -0.2) is 9.97 Å². The molecule has 0 aliphatic heterocycles. The Kier molecular flexibility index (Phi) is 4.63. The van der Waals surface area contributed by atoms with Gasteiger partial charge in [-0.1, -0.05) is 30.3 Å². The minimum absolute atomic E-state index is 0.130. The highest BCUT2D eigenvalue weighted by atomic mass is 19.4. The predicted molar refractivity (Wildman–Crippen MR) is 88.2 cm³/mol. The van der Waals surface area contributed by atoms with Gasteiger partial charge in [-0.2, -0.15) is 13.2 Å². The lowest BCUT2D eigenvalue weighted by Crippen LogP contribution is -2.28. The highest BCUT2D eigenvalue weighted by Crippen LogP contribution is 2.32. The van der Waals surface area contributed by atoms with Crippen LogP contribution < -0.4 is 4.90 Å². The minimum atomic E-state index is -4.65. The normalized spacial score (nSPS) is 11.9. The van der Waals surface area contributed by atoms with Crippen LogP contribution in [-0.4, -0.2) is 33.2 Å². The van der Waals surface area contributed by atoms with Gasteiger partial charge in [-0.15, -0.1) is 0 Å². The van der Waals surface area contributed by atoms with E-state index in [0.29, 0.717) is 17.6 Å². The summed E-state index contributed by atoms with van der Waals surface area (Å²) in [4.78, 5) is 11.8. The molecule has 0 bridgehead atoms. The van der Waals surface area contributed by atoms with Crippen molar-refractivity contribution in [2.24, 2.45) is 0 Å². The second-order valence-electron chi connectivity index (χ2n) is 5.71. The molecule has 5 nitrogen and oxygen atoms in total. The first-order valence-electron chi connectivity index (χ1n) is 7.73. The van der Waals surface area contributed by atoms with Crippen molar-refractivity contribution in [2.45, 2.75) is 19.6 Å². The molecule has 0 amide bonds. The second kappa shape index (κ2) is 6.72. The lowest BCUT2D eigenvalue weighted by atomic mass is 10.2. The largest absolute Gasteiger partial charge is 0.451 e. The molecule has 0 atom stereocenters. The highest BCUT2D eigenvalue weighted by molar-refractivity contribution is 5.88. The Morgan fingerprint density at radius 3 is 2.52 bits per heavy atom. The molecule has 0 fully saturated rings. The molecule has 0 radical (unpaired) electrons. The summed E-state index contributed by atoms with van der Waals surface area (Å²) >= 11 is 0. The van der Waals surface area contributed by atoms with E-state index in [0.717, 1.165) is 5.56 Å². The van der Waals surface area contributed by atoms with E-state index in [1.807, 2.05) is 30.3 Å². The van der Waals surface area contributed by atoms with Crippen LogP contribution in [0, 0.1) is 6.92 Å². The Bertz CT molecular complexity index is 861. The van der Waals surface area contributed by atoms with E-state index in [-0.39, 0.29) is 24.6 Å². The molecule has 25 heavy (non-hydrogen) atoms. The average Bonchev–Trinajstić information content (AvgIpc) is 2.94. The quantitative estimate of drug-likeness (QED) is 0.741. The third-order valence-electron chi connectivity index (χ3n) is 3.74. The van der Waals surface area contributed by atoms with Gasteiger partial charge in [0, 0.05) is 18.8 Å². The van der Waals surface area contributed by atoms with Crippen molar-refractivity contribution in [3.63, 3.8) is 0 Å². The molecule has 0 spiro atoms. The first kappa shape index (κ1) is 17.2. The van der Waals surface area contributed by atoms with Gasteiger partial charge >= 0.3 is 6.18 Å². The molecule has 3 rings (SSSR count). The van der Waals surface area contributed by atoms with E-state index in [1.165, 1.54) is 0 Å². The summed E-state index contributed by atoms with van der Waals surface area (Å²) in [5, 5.41) is 9.86. The number of nitrogens with one attached hydrogen (secondary N) is 1. The summed E-state index contributed by atoms with van der Waals surface area (Å²) in [5.74, 6) is -1.05. The molecule has 0 aliphatic rings. The fourth-order valence-corrected chi connectivity index (χ4v) is 2.68. The second-order valence-corrected chi connectivity index (χ2v) is 5.71. The Hall–Kier alpha value is -2.61. The van der Waals surface area contributed by atoms with Crippen LogP contribution in [0.25, 0.3) is 11.0 Å². The summed E-state index contributed by atoms with van der Waals surface area (Å²) in [5.41, 5.74) is 1.72. The zero-order valence-electron chi connectivity index (χ0n) is 13.5. The minimum Gasteiger partial charge on any atom is -0.395 e. The Morgan fingerprint density at radius 2 is 1.88 bits per heavy atom. The lowest BCUT2D eigenvalue weighted by molar-refractivity contribution is -0.144. The van der Waals surface area contributed by atoms with Gasteiger partial charge in [-0.05, 0) is 18.6 Å². The zero-order chi connectivity index (χ0) is 18.0. The monoisotopic (exact) mass is 350 g/mol. The predicted octanol–water partition coefficient (Wildman–Crippen LogP) is 3.28. The van der Waals surface area contributed by atoms with Gasteiger partial charge in [0.25, 0.3) is 0 Å². The molecule has 0 unspecified atom stereocenters. The lowest BCUT2D eigenvalue weighted by Gasteiger charge is -2.24. The van der Waals surface area contributed by atoms with Gasteiger partial charge in [0.15, 0.2) is 0 Å². The van der Waals surface area contributed by atoms with Crippen molar-refractivity contribution in [1.29, 1.82) is 0 Å². The van der Waals surface area contributed by atoms with Gasteiger partial charge in [-0.3, -0.25) is 0 Å². The zero-order valence-corrected chi connectivity index (χ0v) is 13.5. The number of hydrogen-bond donors (Lipinski definition) is 2. The summed E-state index contributed by atoms with van der Waals surface area (Å²) in [6.45, 7) is 2.02. The van der Waals surface area contributed by atoms with Crippen molar-refractivity contribution in [2.75, 3.05) is 18.1 Å². The van der Waals surface area contributed by atoms with Crippen molar-refractivity contribution in [3.05, 3.63) is 53.5 Å². The fourth-order valence-electron chi connectivity index (χ4n) is 2.68. The van der Waals surface area contributed by atoms with Crippen LogP contribution in [0.1, 0.15) is 17.1 Å². The number of aliphatic hydroxyl groups is 1.